The van der Waals surface area contributed by atoms with Gasteiger partial charge in [-0.25, -0.2) is 4.79 Å². The van der Waals surface area contributed by atoms with Gasteiger partial charge >= 0.3 is 11.9 Å². The number of hydrogen-bond acceptors (Lipinski definition) is 5. The highest BCUT2D eigenvalue weighted by Crippen LogP contribution is 1.94. The Bertz CT molecular complexity index is 229. The minimum absolute atomic E-state index is 0.0508. The summed E-state index contributed by atoms with van der Waals surface area (Å²) >= 11 is 0. The third-order valence-electron chi connectivity index (χ3n) is 1.69. The Kier molecular flexibility index (Phi) is 7.17. The molecular formula is C9H15NO5. The molecule has 0 saturated heterocycles. The molecule has 1 atom stereocenters. The van der Waals surface area contributed by atoms with Crippen molar-refractivity contribution < 1.29 is 24.2 Å². The van der Waals surface area contributed by atoms with Crippen molar-refractivity contribution in [2.75, 3.05) is 13.2 Å². The molecular weight excluding hydrogens is 202 g/mol. The summed E-state index contributed by atoms with van der Waals surface area (Å²) in [6.45, 7) is 2.42. The Morgan fingerprint density at radius 2 is 2.20 bits per heavy atom. The molecule has 6 nitrogen and oxygen atoms in total. The molecule has 0 aromatic heterocycles. The molecule has 0 radical (unpaired) electrons. The van der Waals surface area contributed by atoms with Crippen LogP contribution in [0, 0.1) is 0 Å². The second-order valence-corrected chi connectivity index (χ2v) is 2.92. The maximum absolute atomic E-state index is 10.7. The molecule has 0 aromatic rings. The van der Waals surface area contributed by atoms with Crippen LogP contribution in [-0.2, 0) is 19.1 Å². The Hall–Kier alpha value is -1.43. The molecule has 0 amide bonds. The van der Waals surface area contributed by atoms with Crippen LogP contribution in [0.25, 0.3) is 0 Å². The van der Waals surface area contributed by atoms with E-state index in [1.165, 1.54) is 0 Å². The first-order chi connectivity index (χ1) is 7.11. The lowest BCUT2D eigenvalue weighted by Gasteiger charge is -2.12. The molecule has 0 rings (SSSR count). The van der Waals surface area contributed by atoms with Crippen LogP contribution in [-0.4, -0.2) is 42.5 Å². The smallest absolute Gasteiger partial charge is 0.371 e. The van der Waals surface area contributed by atoms with Gasteiger partial charge in [0.1, 0.15) is 6.04 Å². The fraction of sp³-hybridized carbons (Fsp3) is 0.667. The Morgan fingerprint density at radius 3 is 2.67 bits per heavy atom. The zero-order valence-corrected chi connectivity index (χ0v) is 8.56. The summed E-state index contributed by atoms with van der Waals surface area (Å²) in [6, 6.07) is -0.746. The number of aliphatic carboxylic acids is 1. The predicted octanol–water partition coefficient (Wildman–Crippen LogP) is -0.429. The lowest BCUT2D eigenvalue weighted by atomic mass is 10.2. The molecule has 0 aliphatic heterocycles. The summed E-state index contributed by atoms with van der Waals surface area (Å²) < 4.78 is 4.44. The largest absolute Gasteiger partial charge is 0.480 e. The Balaban J connectivity index is 3.80. The van der Waals surface area contributed by atoms with E-state index in [9.17, 15) is 14.4 Å². The first kappa shape index (κ1) is 13.6. The molecule has 0 fully saturated rings. The van der Waals surface area contributed by atoms with E-state index in [1.54, 1.807) is 0 Å². The molecule has 0 saturated carbocycles. The number of carboxylic acid groups (broad SMARTS) is 1. The highest BCUT2D eigenvalue weighted by atomic mass is 16.5. The van der Waals surface area contributed by atoms with Crippen molar-refractivity contribution in [2.45, 2.75) is 25.8 Å². The number of aldehydes is 1. The van der Waals surface area contributed by atoms with Crippen LogP contribution >= 0.6 is 0 Å². The van der Waals surface area contributed by atoms with Gasteiger partial charge in [0.2, 0.25) is 6.29 Å². The number of ether oxygens (including phenoxy) is 1. The van der Waals surface area contributed by atoms with Crippen molar-refractivity contribution in [3.8, 4) is 0 Å². The van der Waals surface area contributed by atoms with Gasteiger partial charge in [-0.2, -0.15) is 0 Å². The predicted molar refractivity (Wildman–Crippen MR) is 51.4 cm³/mol. The van der Waals surface area contributed by atoms with Crippen LogP contribution in [0.2, 0.25) is 0 Å². The van der Waals surface area contributed by atoms with Crippen LogP contribution in [0.4, 0.5) is 0 Å². The van der Waals surface area contributed by atoms with Crippen molar-refractivity contribution in [2.24, 2.45) is 0 Å². The summed E-state index contributed by atoms with van der Waals surface area (Å²) in [5, 5.41) is 11.5. The van der Waals surface area contributed by atoms with E-state index >= 15 is 0 Å². The summed E-state index contributed by atoms with van der Waals surface area (Å²) in [5.74, 6) is -1.97. The molecule has 0 aliphatic carbocycles. The lowest BCUT2D eigenvalue weighted by molar-refractivity contribution is -0.149. The number of nitrogens with one attached hydrogen (secondary N) is 1. The molecule has 0 bridgehead atoms. The lowest BCUT2D eigenvalue weighted by Crippen LogP contribution is -2.38. The second kappa shape index (κ2) is 7.93. The average molecular weight is 217 g/mol. The van der Waals surface area contributed by atoms with Gasteiger partial charge in [-0.15, -0.1) is 0 Å². The quantitative estimate of drug-likeness (QED) is 0.325. The van der Waals surface area contributed by atoms with Crippen molar-refractivity contribution in [3.05, 3.63) is 0 Å². The number of carboxylic acids is 1. The van der Waals surface area contributed by atoms with Gasteiger partial charge < -0.3 is 15.2 Å². The average Bonchev–Trinajstić information content (AvgIpc) is 2.22. The van der Waals surface area contributed by atoms with Gasteiger partial charge in [0, 0.05) is 6.42 Å². The number of carbonyl (C=O) groups is 3. The van der Waals surface area contributed by atoms with E-state index in [4.69, 9.17) is 5.11 Å². The highest BCUT2D eigenvalue weighted by molar-refractivity contribution is 6.20. The van der Waals surface area contributed by atoms with E-state index < -0.39 is 18.0 Å². The van der Waals surface area contributed by atoms with Gasteiger partial charge in [-0.3, -0.25) is 9.59 Å². The van der Waals surface area contributed by atoms with Gasteiger partial charge in [0.25, 0.3) is 0 Å². The molecule has 15 heavy (non-hydrogen) atoms. The van der Waals surface area contributed by atoms with E-state index in [1.807, 2.05) is 6.92 Å². The maximum Gasteiger partial charge on any atom is 0.371 e. The van der Waals surface area contributed by atoms with E-state index in [0.717, 1.165) is 6.42 Å². The number of esters is 1. The molecule has 2 N–H and O–H groups in total. The fourth-order valence-electron chi connectivity index (χ4n) is 0.943. The normalized spacial score (nSPS) is 11.8. The zero-order valence-electron chi connectivity index (χ0n) is 8.56. The van der Waals surface area contributed by atoms with Crippen molar-refractivity contribution in [1.29, 1.82) is 0 Å². The summed E-state index contributed by atoms with van der Waals surface area (Å²) in [7, 11) is 0. The molecule has 6 heteroatoms. The maximum atomic E-state index is 10.7. The van der Waals surface area contributed by atoms with Gasteiger partial charge in [0.15, 0.2) is 0 Å². The number of rotatable bonds is 8. The van der Waals surface area contributed by atoms with Gasteiger partial charge in [-0.05, 0) is 13.0 Å². The Morgan fingerprint density at radius 1 is 1.53 bits per heavy atom. The summed E-state index contributed by atoms with van der Waals surface area (Å²) in [6.07, 6.45) is 1.02. The van der Waals surface area contributed by atoms with Gasteiger partial charge in [0.05, 0.1) is 6.61 Å². The fourth-order valence-corrected chi connectivity index (χ4v) is 0.943. The van der Waals surface area contributed by atoms with E-state index in [2.05, 4.69) is 10.1 Å². The minimum Gasteiger partial charge on any atom is -0.480 e. The third kappa shape index (κ3) is 6.62. The summed E-state index contributed by atoms with van der Waals surface area (Å²) in [4.78, 5) is 31.0. The SMILES string of the molecule is CCCN[C@@H](CCOC(=O)C=O)C(=O)O. The Labute approximate surface area is 87.6 Å². The van der Waals surface area contributed by atoms with Gasteiger partial charge in [-0.1, -0.05) is 6.92 Å². The molecule has 0 aromatic carbocycles. The highest BCUT2D eigenvalue weighted by Gasteiger charge is 2.16. The van der Waals surface area contributed by atoms with Crippen LogP contribution in [0.1, 0.15) is 19.8 Å². The number of hydrogen-bond donors (Lipinski definition) is 2. The van der Waals surface area contributed by atoms with Crippen molar-refractivity contribution >= 4 is 18.2 Å². The molecule has 0 aliphatic rings. The summed E-state index contributed by atoms with van der Waals surface area (Å²) in [5.41, 5.74) is 0. The third-order valence-corrected chi connectivity index (χ3v) is 1.69. The molecule has 0 spiro atoms. The van der Waals surface area contributed by atoms with Crippen molar-refractivity contribution in [1.82, 2.24) is 5.32 Å². The zero-order chi connectivity index (χ0) is 11.7. The second-order valence-electron chi connectivity index (χ2n) is 2.92. The molecule has 0 unspecified atom stereocenters. The first-order valence-electron chi connectivity index (χ1n) is 4.70. The van der Waals surface area contributed by atoms with Crippen LogP contribution in [0.15, 0.2) is 0 Å². The topological polar surface area (TPSA) is 92.7 Å². The van der Waals surface area contributed by atoms with E-state index in [0.29, 0.717) is 6.54 Å². The standard InChI is InChI=1S/C9H15NO5/c1-2-4-10-7(9(13)14)3-5-15-8(12)6-11/h6-7,10H,2-5H2,1H3,(H,13,14)/t7-/m0/s1. The monoisotopic (exact) mass is 217 g/mol. The van der Waals surface area contributed by atoms with Crippen LogP contribution in [0.5, 0.6) is 0 Å². The molecule has 86 valence electrons. The van der Waals surface area contributed by atoms with Crippen molar-refractivity contribution in [3.63, 3.8) is 0 Å². The number of carbonyl (C=O) groups excluding carboxylic acids is 2. The minimum atomic E-state index is -0.995. The van der Waals surface area contributed by atoms with Crippen LogP contribution < -0.4 is 5.32 Å². The van der Waals surface area contributed by atoms with Crippen LogP contribution in [0.3, 0.4) is 0 Å². The molecule has 0 heterocycles. The first-order valence-corrected chi connectivity index (χ1v) is 4.70. The van der Waals surface area contributed by atoms with E-state index in [-0.39, 0.29) is 19.3 Å².